The third-order valence-corrected chi connectivity index (χ3v) is 4.57. The fraction of sp³-hybridized carbons (Fsp3) is 0.500. The zero-order valence-corrected chi connectivity index (χ0v) is 12.2. The lowest BCUT2D eigenvalue weighted by molar-refractivity contribution is 0.0985. The third-order valence-electron chi connectivity index (χ3n) is 3.19. The molecule has 1 unspecified atom stereocenters. The molecule has 1 saturated heterocycles. The molecule has 104 valence electrons. The van der Waals surface area contributed by atoms with E-state index in [1.54, 1.807) is 38.1 Å². The van der Waals surface area contributed by atoms with Gasteiger partial charge in [0, 0.05) is 0 Å². The maximum Gasteiger partial charge on any atom is 0.204 e. The van der Waals surface area contributed by atoms with Gasteiger partial charge in [-0.25, -0.2) is 0 Å². The Morgan fingerprint density at radius 2 is 1.89 bits per heavy atom. The lowest BCUT2D eigenvalue weighted by Crippen LogP contribution is -2.15. The predicted molar refractivity (Wildman–Crippen MR) is 75.9 cm³/mol. The van der Waals surface area contributed by atoms with Crippen molar-refractivity contribution in [2.45, 2.75) is 18.1 Å². The monoisotopic (exact) mass is 282 g/mol. The van der Waals surface area contributed by atoms with Crippen LogP contribution in [-0.2, 0) is 0 Å². The lowest BCUT2D eigenvalue weighted by atomic mass is 10.0. The van der Waals surface area contributed by atoms with Gasteiger partial charge in [-0.3, -0.25) is 4.79 Å². The van der Waals surface area contributed by atoms with Crippen LogP contribution in [0.1, 0.15) is 23.2 Å². The van der Waals surface area contributed by atoms with Crippen molar-refractivity contribution in [3.63, 3.8) is 0 Å². The number of ketones is 1. The summed E-state index contributed by atoms with van der Waals surface area (Å²) in [7, 11) is 4.64. The molecule has 1 heterocycles. The molecule has 19 heavy (non-hydrogen) atoms. The summed E-state index contributed by atoms with van der Waals surface area (Å²) in [6.07, 6.45) is 2.03. The number of hydrogen-bond acceptors (Lipinski definition) is 5. The number of Topliss-reactive ketones (excluding diaryl/α,β-unsaturated/α-hetero) is 1. The summed E-state index contributed by atoms with van der Waals surface area (Å²) >= 11 is 1.71. The van der Waals surface area contributed by atoms with Crippen LogP contribution in [-0.4, -0.2) is 38.1 Å². The highest BCUT2D eigenvalue weighted by atomic mass is 32.2. The minimum atomic E-state index is 0.0343. The molecule has 0 saturated carbocycles. The molecule has 0 spiro atoms. The first-order valence-electron chi connectivity index (χ1n) is 6.17. The number of carbonyl (C=O) groups excluding carboxylic acids is 1. The standard InChI is InChI=1S/C14H18O4S/c1-16-10-7-6-9(13(17-2)14(10)18-3)12(15)11-5-4-8-19-11/h6-7,11H,4-5,8H2,1-3H3. The number of carbonyl (C=O) groups is 1. The Bertz CT molecular complexity index is 467. The molecule has 1 aliphatic rings. The fourth-order valence-electron chi connectivity index (χ4n) is 2.25. The normalized spacial score (nSPS) is 18.2. The van der Waals surface area contributed by atoms with Crippen LogP contribution in [0.2, 0.25) is 0 Å². The van der Waals surface area contributed by atoms with Crippen LogP contribution in [0.5, 0.6) is 17.2 Å². The number of benzene rings is 1. The molecule has 1 aromatic carbocycles. The SMILES string of the molecule is COc1ccc(C(=O)C2CCCS2)c(OC)c1OC. The molecule has 0 amide bonds. The molecular formula is C14H18O4S. The topological polar surface area (TPSA) is 44.8 Å². The highest BCUT2D eigenvalue weighted by molar-refractivity contribution is 8.00. The van der Waals surface area contributed by atoms with Crippen molar-refractivity contribution >= 4 is 17.5 Å². The zero-order chi connectivity index (χ0) is 13.8. The Balaban J connectivity index is 2.42. The van der Waals surface area contributed by atoms with Crippen molar-refractivity contribution in [2.75, 3.05) is 27.1 Å². The third kappa shape index (κ3) is 2.66. The molecule has 2 rings (SSSR count). The van der Waals surface area contributed by atoms with Crippen LogP contribution in [0.3, 0.4) is 0 Å². The number of rotatable bonds is 5. The quantitative estimate of drug-likeness (QED) is 0.777. The zero-order valence-electron chi connectivity index (χ0n) is 11.4. The molecule has 4 nitrogen and oxygen atoms in total. The second-order valence-corrected chi connectivity index (χ2v) is 5.56. The van der Waals surface area contributed by atoms with Gasteiger partial charge in [0.15, 0.2) is 17.3 Å². The molecule has 1 atom stereocenters. The van der Waals surface area contributed by atoms with E-state index in [9.17, 15) is 4.79 Å². The van der Waals surface area contributed by atoms with E-state index in [4.69, 9.17) is 14.2 Å². The van der Waals surface area contributed by atoms with Gasteiger partial charge in [0.25, 0.3) is 0 Å². The average molecular weight is 282 g/mol. The molecule has 0 radical (unpaired) electrons. The summed E-state index contributed by atoms with van der Waals surface area (Å²) < 4.78 is 15.9. The number of hydrogen-bond donors (Lipinski definition) is 0. The summed E-state index contributed by atoms with van der Waals surface area (Å²) in [5.41, 5.74) is 0.569. The van der Waals surface area contributed by atoms with E-state index >= 15 is 0 Å². The van der Waals surface area contributed by atoms with E-state index in [1.165, 1.54) is 7.11 Å². The summed E-state index contributed by atoms with van der Waals surface area (Å²) in [6, 6.07) is 3.50. The summed E-state index contributed by atoms with van der Waals surface area (Å²) in [6.45, 7) is 0. The summed E-state index contributed by atoms with van der Waals surface area (Å²) in [5, 5.41) is 0.0343. The van der Waals surface area contributed by atoms with Gasteiger partial charge in [-0.15, -0.1) is 0 Å². The Morgan fingerprint density at radius 1 is 1.16 bits per heavy atom. The first-order valence-corrected chi connectivity index (χ1v) is 7.22. The van der Waals surface area contributed by atoms with E-state index in [0.29, 0.717) is 22.8 Å². The maximum atomic E-state index is 12.5. The molecule has 0 N–H and O–H groups in total. The van der Waals surface area contributed by atoms with Gasteiger partial charge in [-0.1, -0.05) is 0 Å². The van der Waals surface area contributed by atoms with Crippen molar-refractivity contribution in [3.8, 4) is 17.2 Å². The average Bonchev–Trinajstić information content (AvgIpc) is 2.98. The van der Waals surface area contributed by atoms with Crippen molar-refractivity contribution in [3.05, 3.63) is 17.7 Å². The second kappa shape index (κ2) is 6.19. The molecule has 1 aliphatic heterocycles. The van der Waals surface area contributed by atoms with E-state index in [2.05, 4.69) is 0 Å². The lowest BCUT2D eigenvalue weighted by Gasteiger charge is -2.16. The molecular weight excluding hydrogens is 264 g/mol. The highest BCUT2D eigenvalue weighted by Crippen LogP contribution is 2.41. The Kier molecular flexibility index (Phi) is 4.58. The largest absolute Gasteiger partial charge is 0.493 e. The Labute approximate surface area is 117 Å². The van der Waals surface area contributed by atoms with Crippen LogP contribution in [0.15, 0.2) is 12.1 Å². The predicted octanol–water partition coefficient (Wildman–Crippen LogP) is 2.79. The number of thioether (sulfide) groups is 1. The number of ether oxygens (including phenoxy) is 3. The van der Waals surface area contributed by atoms with Crippen LogP contribution in [0.4, 0.5) is 0 Å². The second-order valence-electron chi connectivity index (χ2n) is 4.25. The first kappa shape index (κ1) is 14.1. The van der Waals surface area contributed by atoms with E-state index in [-0.39, 0.29) is 11.0 Å². The van der Waals surface area contributed by atoms with Crippen molar-refractivity contribution < 1.29 is 19.0 Å². The van der Waals surface area contributed by atoms with Crippen LogP contribution >= 0.6 is 11.8 Å². The smallest absolute Gasteiger partial charge is 0.204 e. The van der Waals surface area contributed by atoms with Gasteiger partial charge >= 0.3 is 0 Å². The first-order chi connectivity index (χ1) is 9.22. The van der Waals surface area contributed by atoms with Gasteiger partial charge in [-0.05, 0) is 30.7 Å². The molecule has 1 aromatic rings. The van der Waals surface area contributed by atoms with Crippen molar-refractivity contribution in [1.29, 1.82) is 0 Å². The number of methoxy groups -OCH3 is 3. The van der Waals surface area contributed by atoms with Crippen LogP contribution in [0.25, 0.3) is 0 Å². The Morgan fingerprint density at radius 3 is 2.42 bits per heavy atom. The van der Waals surface area contributed by atoms with E-state index in [1.807, 2.05) is 0 Å². The molecule has 1 fully saturated rings. The molecule has 0 aliphatic carbocycles. The summed E-state index contributed by atoms with van der Waals surface area (Å²) in [5.74, 6) is 2.65. The van der Waals surface area contributed by atoms with Gasteiger partial charge in [0.2, 0.25) is 5.75 Å². The highest BCUT2D eigenvalue weighted by Gasteiger charge is 2.29. The minimum absolute atomic E-state index is 0.0343. The van der Waals surface area contributed by atoms with Crippen molar-refractivity contribution in [1.82, 2.24) is 0 Å². The van der Waals surface area contributed by atoms with Crippen LogP contribution in [0, 0.1) is 0 Å². The van der Waals surface area contributed by atoms with Crippen LogP contribution < -0.4 is 14.2 Å². The van der Waals surface area contributed by atoms with Gasteiger partial charge in [0.1, 0.15) is 0 Å². The van der Waals surface area contributed by atoms with E-state index in [0.717, 1.165) is 18.6 Å². The van der Waals surface area contributed by atoms with Gasteiger partial charge < -0.3 is 14.2 Å². The molecule has 0 bridgehead atoms. The Hall–Kier alpha value is -1.36. The molecule has 0 aromatic heterocycles. The maximum absolute atomic E-state index is 12.5. The minimum Gasteiger partial charge on any atom is -0.493 e. The van der Waals surface area contributed by atoms with Crippen molar-refractivity contribution in [2.24, 2.45) is 0 Å². The fourth-order valence-corrected chi connectivity index (χ4v) is 3.48. The van der Waals surface area contributed by atoms with E-state index < -0.39 is 0 Å². The van der Waals surface area contributed by atoms with Gasteiger partial charge in [-0.2, -0.15) is 11.8 Å². The summed E-state index contributed by atoms with van der Waals surface area (Å²) in [4.78, 5) is 12.5. The molecule has 5 heteroatoms. The van der Waals surface area contributed by atoms with Gasteiger partial charge in [0.05, 0.1) is 32.1 Å².